The van der Waals surface area contributed by atoms with Gasteiger partial charge in [0.15, 0.2) is 5.69 Å². The van der Waals surface area contributed by atoms with Gasteiger partial charge in [-0.2, -0.15) is 18.2 Å². The van der Waals surface area contributed by atoms with Crippen molar-refractivity contribution in [1.29, 1.82) is 0 Å². The molecule has 30 heavy (non-hydrogen) atoms. The molecule has 0 bridgehead atoms. The van der Waals surface area contributed by atoms with Crippen LogP contribution in [0, 0.1) is 5.41 Å². The Bertz CT molecular complexity index is 908. The van der Waals surface area contributed by atoms with Crippen LogP contribution in [-0.2, 0) is 17.4 Å². The summed E-state index contributed by atoms with van der Waals surface area (Å²) in [6.07, 6.45) is -5.77. The molecule has 2 aromatic rings. The fourth-order valence-electron chi connectivity index (χ4n) is 3.60. The smallest absolute Gasteiger partial charge is 0.433 e. The number of aliphatic hydroxyl groups is 1. The van der Waals surface area contributed by atoms with Gasteiger partial charge in [-0.1, -0.05) is 30.3 Å². The van der Waals surface area contributed by atoms with E-state index in [1.807, 2.05) is 6.07 Å². The zero-order valence-electron chi connectivity index (χ0n) is 16.6. The van der Waals surface area contributed by atoms with Crippen LogP contribution in [-0.4, -0.2) is 59.4 Å². The van der Waals surface area contributed by atoms with E-state index in [9.17, 15) is 28.2 Å². The molecule has 0 radical (unpaired) electrons. The van der Waals surface area contributed by atoms with Gasteiger partial charge in [-0.05, 0) is 18.4 Å². The summed E-state index contributed by atoms with van der Waals surface area (Å²) in [6.45, 7) is -0.0162. The number of aliphatic hydroxyl groups excluding tert-OH is 1. The van der Waals surface area contributed by atoms with Gasteiger partial charge < -0.3 is 20.0 Å². The molecular weight excluding hydrogens is 401 g/mol. The van der Waals surface area contributed by atoms with Gasteiger partial charge in [0.2, 0.25) is 5.95 Å². The second kappa shape index (κ2) is 8.10. The van der Waals surface area contributed by atoms with Crippen LogP contribution >= 0.6 is 0 Å². The average Bonchev–Trinajstić information content (AvgIpc) is 2.69. The van der Waals surface area contributed by atoms with E-state index in [1.165, 1.54) is 23.9 Å². The number of aliphatic carboxylic acids is 1. The van der Waals surface area contributed by atoms with Crippen molar-refractivity contribution < 1.29 is 28.2 Å². The average molecular weight is 424 g/mol. The summed E-state index contributed by atoms with van der Waals surface area (Å²) >= 11 is 0. The molecule has 0 spiro atoms. The van der Waals surface area contributed by atoms with Gasteiger partial charge >= 0.3 is 12.1 Å². The lowest BCUT2D eigenvalue weighted by atomic mass is 9.71. The number of β-amino-alcohol motifs (C(OH)–C–C–N with tert-alkyl or cyclic N) is 1. The van der Waals surface area contributed by atoms with Crippen LogP contribution in [0.3, 0.4) is 0 Å². The Labute approximate surface area is 171 Å². The van der Waals surface area contributed by atoms with Crippen LogP contribution < -0.4 is 9.80 Å². The highest BCUT2D eigenvalue weighted by atomic mass is 19.4. The molecule has 1 fully saturated rings. The number of piperidine rings is 1. The van der Waals surface area contributed by atoms with Crippen LogP contribution in [0.1, 0.15) is 17.7 Å². The van der Waals surface area contributed by atoms with Crippen molar-refractivity contribution in [3.8, 4) is 0 Å². The molecule has 0 saturated carbocycles. The first-order valence-corrected chi connectivity index (χ1v) is 9.37. The van der Waals surface area contributed by atoms with Gasteiger partial charge in [-0.25, -0.2) is 4.98 Å². The minimum atomic E-state index is -4.66. The fourth-order valence-corrected chi connectivity index (χ4v) is 3.60. The third-order valence-corrected chi connectivity index (χ3v) is 5.36. The zero-order chi connectivity index (χ0) is 22.1. The molecule has 3 rings (SSSR count). The van der Waals surface area contributed by atoms with E-state index in [1.54, 1.807) is 24.3 Å². The lowest BCUT2D eigenvalue weighted by molar-refractivity contribution is -0.158. The number of carboxylic acid groups (broad SMARTS) is 1. The number of rotatable bonds is 5. The second-order valence-corrected chi connectivity index (χ2v) is 7.64. The highest BCUT2D eigenvalue weighted by Gasteiger charge is 2.49. The number of nitrogens with zero attached hydrogens (tertiary/aromatic N) is 4. The van der Waals surface area contributed by atoms with Crippen molar-refractivity contribution in [1.82, 2.24) is 9.97 Å². The van der Waals surface area contributed by atoms with E-state index in [2.05, 4.69) is 9.97 Å². The molecule has 1 saturated heterocycles. The van der Waals surface area contributed by atoms with Crippen molar-refractivity contribution >= 4 is 17.7 Å². The molecule has 2 heterocycles. The van der Waals surface area contributed by atoms with E-state index >= 15 is 0 Å². The molecule has 2 N–H and O–H groups in total. The van der Waals surface area contributed by atoms with Gasteiger partial charge in [-0.3, -0.25) is 4.79 Å². The summed E-state index contributed by atoms with van der Waals surface area (Å²) in [7, 11) is 3.05. The molecule has 1 aromatic heterocycles. The first-order chi connectivity index (χ1) is 14.0. The number of carboxylic acids is 1. The third kappa shape index (κ3) is 4.33. The molecule has 0 aliphatic carbocycles. The van der Waals surface area contributed by atoms with Gasteiger partial charge in [0, 0.05) is 33.3 Å². The molecule has 10 heteroatoms. The minimum absolute atomic E-state index is 0.00113. The monoisotopic (exact) mass is 424 g/mol. The Morgan fingerprint density at radius 1 is 1.27 bits per heavy atom. The number of anilines is 2. The molecule has 1 aliphatic rings. The van der Waals surface area contributed by atoms with Crippen molar-refractivity contribution in [2.75, 3.05) is 37.0 Å². The van der Waals surface area contributed by atoms with Crippen molar-refractivity contribution in [2.24, 2.45) is 5.41 Å². The summed E-state index contributed by atoms with van der Waals surface area (Å²) in [5.74, 6) is -1.25. The fraction of sp³-hybridized carbons (Fsp3) is 0.450. The Balaban J connectivity index is 1.90. The number of halogens is 3. The van der Waals surface area contributed by atoms with Crippen LogP contribution in [0.4, 0.5) is 24.9 Å². The summed E-state index contributed by atoms with van der Waals surface area (Å²) in [5, 5.41) is 20.7. The number of hydrogen-bond acceptors (Lipinski definition) is 6. The van der Waals surface area contributed by atoms with Crippen LogP contribution in [0.15, 0.2) is 36.4 Å². The molecule has 2 atom stereocenters. The summed E-state index contributed by atoms with van der Waals surface area (Å²) in [5.41, 5.74) is -1.75. The van der Waals surface area contributed by atoms with Gasteiger partial charge in [0.05, 0.1) is 6.10 Å². The summed E-state index contributed by atoms with van der Waals surface area (Å²) < 4.78 is 39.8. The summed E-state index contributed by atoms with van der Waals surface area (Å²) in [4.78, 5) is 22.6. The molecule has 0 amide bonds. The number of alkyl halides is 3. The first-order valence-electron chi connectivity index (χ1n) is 9.37. The molecule has 1 aliphatic heterocycles. The molecule has 7 nitrogen and oxygen atoms in total. The lowest BCUT2D eigenvalue weighted by Crippen LogP contribution is -2.56. The molecular formula is C20H23F3N4O3. The van der Waals surface area contributed by atoms with E-state index in [0.717, 1.165) is 11.6 Å². The first kappa shape index (κ1) is 21.8. The molecule has 1 aromatic carbocycles. The summed E-state index contributed by atoms with van der Waals surface area (Å²) in [6, 6.07) is 9.78. The van der Waals surface area contributed by atoms with Crippen molar-refractivity contribution in [2.45, 2.75) is 25.1 Å². The second-order valence-electron chi connectivity index (χ2n) is 7.64. The quantitative estimate of drug-likeness (QED) is 0.762. The van der Waals surface area contributed by atoms with Gasteiger partial charge in [-0.15, -0.1) is 0 Å². The highest BCUT2D eigenvalue weighted by Crippen LogP contribution is 2.38. The maximum atomic E-state index is 13.3. The highest BCUT2D eigenvalue weighted by molar-refractivity contribution is 5.76. The van der Waals surface area contributed by atoms with Gasteiger partial charge in [0.25, 0.3) is 0 Å². The molecule has 0 unspecified atom stereocenters. The maximum absolute atomic E-state index is 13.3. The van der Waals surface area contributed by atoms with Crippen LogP contribution in [0.2, 0.25) is 0 Å². The Hall–Kier alpha value is -2.88. The minimum Gasteiger partial charge on any atom is -0.481 e. The third-order valence-electron chi connectivity index (χ3n) is 5.36. The Morgan fingerprint density at radius 3 is 2.47 bits per heavy atom. The standard InChI is InChI=1S/C20H23F3N4O3/c1-26(2)18-24-14(20(21,22)23)10-16(25-18)27-9-8-19(17(29)30,15(28)12-27)11-13-6-4-3-5-7-13/h3-7,10,15,28H,8-9,11-12H2,1-2H3,(H,29,30)/t15-,19+/m0/s1. The predicted octanol–water partition coefficient (Wildman–Crippen LogP) is 2.45. The Kier molecular flexibility index (Phi) is 5.89. The van der Waals surface area contributed by atoms with Crippen LogP contribution in [0.25, 0.3) is 0 Å². The molecule has 162 valence electrons. The van der Waals surface area contributed by atoms with Crippen LogP contribution in [0.5, 0.6) is 0 Å². The van der Waals surface area contributed by atoms with E-state index in [4.69, 9.17) is 0 Å². The number of aromatic nitrogens is 2. The maximum Gasteiger partial charge on any atom is 0.433 e. The van der Waals surface area contributed by atoms with E-state index in [-0.39, 0.29) is 37.7 Å². The lowest BCUT2D eigenvalue weighted by Gasteiger charge is -2.43. The number of hydrogen-bond donors (Lipinski definition) is 2. The largest absolute Gasteiger partial charge is 0.481 e. The Morgan fingerprint density at radius 2 is 1.93 bits per heavy atom. The van der Waals surface area contributed by atoms with Crippen molar-refractivity contribution in [3.05, 3.63) is 47.7 Å². The van der Waals surface area contributed by atoms with Crippen molar-refractivity contribution in [3.63, 3.8) is 0 Å². The van der Waals surface area contributed by atoms with Gasteiger partial charge in [0.1, 0.15) is 11.2 Å². The topological polar surface area (TPSA) is 89.8 Å². The van der Waals surface area contributed by atoms with E-state index < -0.39 is 29.4 Å². The van der Waals surface area contributed by atoms with E-state index in [0.29, 0.717) is 0 Å². The predicted molar refractivity (Wildman–Crippen MR) is 104 cm³/mol. The normalized spacial score (nSPS) is 22.1. The zero-order valence-corrected chi connectivity index (χ0v) is 16.6. The SMILES string of the molecule is CN(C)c1nc(N2CC[C@](Cc3ccccc3)(C(=O)O)[C@@H](O)C2)cc(C(F)(F)F)n1. The number of benzene rings is 1. The number of carbonyl (C=O) groups is 1.